The number of hydrogen-bond acceptors (Lipinski definition) is 3. The standard InChI is InChI=1S/C21H26BFO3/c1-20(2)21(3,4)26-22(25-20)18-11-10-16(14-19(18)23)12-13-24-15-17-8-6-5-7-9-17/h5-11,14H,12-13,15H2,1-4H3. The maximum atomic E-state index is 14.6. The van der Waals surface area contributed by atoms with Crippen LogP contribution in [-0.2, 0) is 27.1 Å². The van der Waals surface area contributed by atoms with Crippen molar-refractivity contribution in [2.75, 3.05) is 6.61 Å². The summed E-state index contributed by atoms with van der Waals surface area (Å²) in [5, 5.41) is 0. The summed E-state index contributed by atoms with van der Waals surface area (Å²) in [6.07, 6.45) is 0.660. The zero-order valence-electron chi connectivity index (χ0n) is 15.9. The molecule has 2 aromatic carbocycles. The molecule has 1 heterocycles. The first-order valence-electron chi connectivity index (χ1n) is 9.04. The van der Waals surface area contributed by atoms with Gasteiger partial charge in [0, 0.05) is 5.46 Å². The Morgan fingerprint density at radius 2 is 1.58 bits per heavy atom. The van der Waals surface area contributed by atoms with Gasteiger partial charge < -0.3 is 14.0 Å². The molecule has 1 saturated heterocycles. The minimum Gasteiger partial charge on any atom is -0.399 e. The van der Waals surface area contributed by atoms with Crippen molar-refractivity contribution in [2.24, 2.45) is 0 Å². The molecule has 0 unspecified atom stereocenters. The number of halogens is 1. The summed E-state index contributed by atoms with van der Waals surface area (Å²) < 4.78 is 32.1. The van der Waals surface area contributed by atoms with Crippen molar-refractivity contribution >= 4 is 12.6 Å². The van der Waals surface area contributed by atoms with E-state index in [1.165, 1.54) is 0 Å². The molecule has 3 nitrogen and oxygen atoms in total. The molecule has 0 aliphatic carbocycles. The monoisotopic (exact) mass is 356 g/mol. The Hall–Kier alpha value is -1.69. The van der Waals surface area contributed by atoms with Gasteiger partial charge in [-0.25, -0.2) is 4.39 Å². The van der Waals surface area contributed by atoms with Crippen LogP contribution in [-0.4, -0.2) is 24.9 Å². The lowest BCUT2D eigenvalue weighted by Gasteiger charge is -2.32. The first-order chi connectivity index (χ1) is 12.3. The van der Waals surface area contributed by atoms with E-state index in [9.17, 15) is 4.39 Å². The van der Waals surface area contributed by atoms with E-state index in [4.69, 9.17) is 14.0 Å². The fourth-order valence-electron chi connectivity index (χ4n) is 2.84. The Bertz CT molecular complexity index is 730. The summed E-state index contributed by atoms with van der Waals surface area (Å²) in [5.74, 6) is -0.302. The quantitative estimate of drug-likeness (QED) is 0.581. The lowest BCUT2D eigenvalue weighted by Crippen LogP contribution is -2.41. The Morgan fingerprint density at radius 1 is 0.923 bits per heavy atom. The Morgan fingerprint density at radius 3 is 2.19 bits per heavy atom. The van der Waals surface area contributed by atoms with Gasteiger partial charge in [-0.05, 0) is 51.3 Å². The van der Waals surface area contributed by atoms with Crippen LogP contribution >= 0.6 is 0 Å². The average Bonchev–Trinajstić information content (AvgIpc) is 2.80. The van der Waals surface area contributed by atoms with Gasteiger partial charge in [0.2, 0.25) is 0 Å². The number of rotatable bonds is 6. The van der Waals surface area contributed by atoms with Crippen LogP contribution in [0.1, 0.15) is 38.8 Å². The summed E-state index contributed by atoms with van der Waals surface area (Å²) in [4.78, 5) is 0. The van der Waals surface area contributed by atoms with E-state index in [0.29, 0.717) is 25.1 Å². The molecule has 2 aromatic rings. The zero-order chi connectivity index (χ0) is 18.8. The smallest absolute Gasteiger partial charge is 0.399 e. The second-order valence-electron chi connectivity index (χ2n) is 7.73. The van der Waals surface area contributed by atoms with Crippen LogP contribution in [0.2, 0.25) is 0 Å². The average molecular weight is 356 g/mol. The van der Waals surface area contributed by atoms with Gasteiger partial charge >= 0.3 is 7.12 Å². The molecule has 0 atom stereocenters. The van der Waals surface area contributed by atoms with Crippen LogP contribution in [0.4, 0.5) is 4.39 Å². The number of ether oxygens (including phenoxy) is 1. The molecule has 1 aliphatic rings. The van der Waals surface area contributed by atoms with Crippen LogP contribution < -0.4 is 5.46 Å². The van der Waals surface area contributed by atoms with Crippen LogP contribution in [0.3, 0.4) is 0 Å². The molecule has 0 bridgehead atoms. The van der Waals surface area contributed by atoms with Crippen LogP contribution in [0.25, 0.3) is 0 Å². The molecule has 0 aromatic heterocycles. The Kier molecular flexibility index (Phi) is 5.51. The molecule has 0 spiro atoms. The Balaban J connectivity index is 1.56. The van der Waals surface area contributed by atoms with Gasteiger partial charge in [-0.2, -0.15) is 0 Å². The van der Waals surface area contributed by atoms with E-state index in [-0.39, 0.29) is 5.82 Å². The summed E-state index contributed by atoms with van der Waals surface area (Å²) in [7, 11) is -0.677. The summed E-state index contributed by atoms with van der Waals surface area (Å²) >= 11 is 0. The molecular formula is C21H26BFO3. The van der Waals surface area contributed by atoms with Crippen LogP contribution in [0, 0.1) is 5.82 Å². The summed E-state index contributed by atoms with van der Waals surface area (Å²) in [6.45, 7) is 8.96. The fourth-order valence-corrected chi connectivity index (χ4v) is 2.84. The van der Waals surface area contributed by atoms with E-state index >= 15 is 0 Å². The SMILES string of the molecule is CC1(C)OB(c2ccc(CCOCc3ccccc3)cc2F)OC1(C)C. The van der Waals surface area contributed by atoms with Gasteiger partial charge in [-0.3, -0.25) is 0 Å². The van der Waals surface area contributed by atoms with Gasteiger partial charge in [0.1, 0.15) is 5.82 Å². The largest absolute Gasteiger partial charge is 0.497 e. The highest BCUT2D eigenvalue weighted by Crippen LogP contribution is 2.36. The normalized spacial score (nSPS) is 18.3. The van der Waals surface area contributed by atoms with Crippen molar-refractivity contribution in [1.82, 2.24) is 0 Å². The molecule has 0 radical (unpaired) electrons. The highest BCUT2D eigenvalue weighted by atomic mass is 19.1. The molecular weight excluding hydrogens is 330 g/mol. The third kappa shape index (κ3) is 4.17. The molecule has 138 valence electrons. The molecule has 1 aliphatic heterocycles. The first kappa shape index (κ1) is 19.1. The number of benzene rings is 2. The lowest BCUT2D eigenvalue weighted by molar-refractivity contribution is 0.00578. The first-order valence-corrected chi connectivity index (χ1v) is 9.04. The van der Waals surface area contributed by atoms with Gasteiger partial charge in [0.15, 0.2) is 0 Å². The van der Waals surface area contributed by atoms with Crippen molar-refractivity contribution in [3.8, 4) is 0 Å². The van der Waals surface area contributed by atoms with E-state index in [1.54, 1.807) is 12.1 Å². The van der Waals surface area contributed by atoms with Crippen LogP contribution in [0.5, 0.6) is 0 Å². The minimum absolute atomic E-state index is 0.302. The Labute approximate surface area is 155 Å². The van der Waals surface area contributed by atoms with Gasteiger partial charge in [0.05, 0.1) is 24.4 Å². The third-order valence-corrected chi connectivity index (χ3v) is 5.22. The molecule has 0 saturated carbocycles. The van der Waals surface area contributed by atoms with Gasteiger partial charge in [-0.15, -0.1) is 0 Å². The van der Waals surface area contributed by atoms with Crippen molar-refractivity contribution in [3.63, 3.8) is 0 Å². The second-order valence-corrected chi connectivity index (χ2v) is 7.73. The lowest BCUT2D eigenvalue weighted by atomic mass is 9.78. The summed E-state index contributed by atoms with van der Waals surface area (Å²) in [5.41, 5.74) is 1.52. The van der Waals surface area contributed by atoms with Crippen molar-refractivity contribution in [1.29, 1.82) is 0 Å². The highest BCUT2D eigenvalue weighted by molar-refractivity contribution is 6.62. The molecule has 1 fully saturated rings. The summed E-state index contributed by atoms with van der Waals surface area (Å²) in [6, 6.07) is 15.2. The molecule has 3 rings (SSSR count). The molecule has 0 amide bonds. The predicted molar refractivity (Wildman–Crippen MR) is 102 cm³/mol. The second kappa shape index (κ2) is 7.51. The van der Waals surface area contributed by atoms with Gasteiger partial charge in [-0.1, -0.05) is 42.5 Å². The van der Waals surface area contributed by atoms with E-state index in [1.807, 2.05) is 64.1 Å². The van der Waals surface area contributed by atoms with Crippen LogP contribution in [0.15, 0.2) is 48.5 Å². The third-order valence-electron chi connectivity index (χ3n) is 5.22. The molecule has 0 N–H and O–H groups in total. The predicted octanol–water partition coefficient (Wildman–Crippen LogP) is 3.88. The highest BCUT2D eigenvalue weighted by Gasteiger charge is 2.52. The van der Waals surface area contributed by atoms with E-state index < -0.39 is 18.3 Å². The molecule has 5 heteroatoms. The number of hydrogen-bond donors (Lipinski definition) is 0. The van der Waals surface area contributed by atoms with Crippen molar-refractivity contribution < 1.29 is 18.4 Å². The van der Waals surface area contributed by atoms with Crippen molar-refractivity contribution in [2.45, 2.75) is 51.9 Å². The topological polar surface area (TPSA) is 27.7 Å². The van der Waals surface area contributed by atoms with Gasteiger partial charge in [0.25, 0.3) is 0 Å². The van der Waals surface area contributed by atoms with E-state index in [2.05, 4.69) is 0 Å². The maximum Gasteiger partial charge on any atom is 0.497 e. The molecule has 26 heavy (non-hydrogen) atoms. The van der Waals surface area contributed by atoms with Crippen molar-refractivity contribution in [3.05, 3.63) is 65.5 Å². The minimum atomic E-state index is -0.677. The zero-order valence-corrected chi connectivity index (χ0v) is 15.9. The van der Waals surface area contributed by atoms with E-state index in [0.717, 1.165) is 11.1 Å². The fraction of sp³-hybridized carbons (Fsp3) is 0.429. The maximum absolute atomic E-state index is 14.6.